The quantitative estimate of drug-likeness (QED) is 0.232. The molecule has 10 N–H and O–H groups in total. The first kappa shape index (κ1) is 34.9. The Labute approximate surface area is 181 Å². The van der Waals surface area contributed by atoms with Gasteiger partial charge in [-0.1, -0.05) is 0 Å². The Hall–Kier alpha value is -0.280. The third kappa shape index (κ3) is 7.74. The van der Waals surface area contributed by atoms with Gasteiger partial charge in [-0.3, -0.25) is 4.48 Å². The zero-order valence-electron chi connectivity index (χ0n) is 11.6. The van der Waals surface area contributed by atoms with Crippen molar-refractivity contribution in [2.24, 2.45) is 0 Å². The third-order valence-electron chi connectivity index (χ3n) is 3.34. The van der Waals surface area contributed by atoms with Crippen molar-refractivity contribution in [3.05, 3.63) is 0 Å². The van der Waals surface area contributed by atoms with Crippen molar-refractivity contribution < 1.29 is 55.0 Å². The molecule has 1 aliphatic carbocycles. The molecule has 134 valence electrons. The molecule has 0 aromatic carbocycles. The number of aliphatic carboxylic acids is 4. The van der Waals surface area contributed by atoms with Crippen molar-refractivity contribution in [3.8, 4) is 0 Å². The van der Waals surface area contributed by atoms with Gasteiger partial charge in [0.2, 0.25) is 0 Å². The van der Waals surface area contributed by atoms with E-state index in [9.17, 15) is 24.3 Å². The van der Waals surface area contributed by atoms with Crippen LogP contribution < -0.4 is 11.3 Å². The van der Waals surface area contributed by atoms with Crippen molar-refractivity contribution in [1.82, 2.24) is 6.15 Å². The molecule has 0 radical (unpaired) electrons. The number of carboxylic acids is 4. The number of hydrogen-bond donors (Lipinski definition) is 4. The summed E-state index contributed by atoms with van der Waals surface area (Å²) in [6.45, 7) is -2.76. The molecule has 0 amide bonds. The van der Waals surface area contributed by atoms with Gasteiger partial charge in [-0.25, -0.2) is 14.4 Å². The molecule has 1 rings (SSSR count). The van der Waals surface area contributed by atoms with Crippen LogP contribution in [0, 0.1) is 0 Å². The summed E-state index contributed by atoms with van der Waals surface area (Å²) in [6, 6.07) is 0. The zero-order valence-corrected chi connectivity index (χ0v) is 11.6. The molecular formula is C10H22N2Na2O10. The zero-order chi connectivity index (χ0) is 14.8. The van der Waals surface area contributed by atoms with E-state index in [0.29, 0.717) is 0 Å². The standard InChI is InChI=1S/C10H13NO8.H3N.2Na.2H2O.2H/c12-6(13)3-11(4-7(14)15,5-8(16)17)10(1-2-10)9(18)19;;;;;;;/h1-5H2,(H3-,12,13,14,15,16,17,18,19);1H3;;;2*1H2;;. The molecule has 0 aromatic rings. The maximum atomic E-state index is 11.3. The van der Waals surface area contributed by atoms with Gasteiger partial charge in [-0.05, 0) is 0 Å². The van der Waals surface area contributed by atoms with Crippen LogP contribution in [0.4, 0.5) is 0 Å². The summed E-state index contributed by atoms with van der Waals surface area (Å²) < 4.78 is -1.07. The number of rotatable bonds is 8. The third-order valence-corrected chi connectivity index (χ3v) is 3.34. The fraction of sp³-hybridized carbons (Fsp3) is 0.600. The fourth-order valence-corrected chi connectivity index (χ4v) is 2.40. The maximum absolute atomic E-state index is 11.3. The van der Waals surface area contributed by atoms with Crippen molar-refractivity contribution >= 4 is 83.0 Å². The molecule has 0 heterocycles. The minimum atomic E-state index is -1.69. The first-order valence-corrected chi connectivity index (χ1v) is 5.38. The molecule has 12 nitrogen and oxygen atoms in total. The fourth-order valence-electron chi connectivity index (χ4n) is 2.40. The van der Waals surface area contributed by atoms with Gasteiger partial charge in [-0.2, -0.15) is 0 Å². The second-order valence-corrected chi connectivity index (χ2v) is 4.62. The van der Waals surface area contributed by atoms with Gasteiger partial charge in [0, 0.05) is 12.8 Å². The first-order valence-electron chi connectivity index (χ1n) is 5.38. The number of quaternary nitrogens is 1. The van der Waals surface area contributed by atoms with Crippen molar-refractivity contribution in [2.45, 2.75) is 18.4 Å². The second kappa shape index (κ2) is 13.0. The van der Waals surface area contributed by atoms with Crippen LogP contribution in [-0.2, 0) is 19.2 Å². The van der Waals surface area contributed by atoms with Crippen LogP contribution in [0.25, 0.3) is 0 Å². The van der Waals surface area contributed by atoms with Crippen LogP contribution in [0.2, 0.25) is 0 Å². The molecule has 1 aliphatic rings. The molecule has 0 spiro atoms. The van der Waals surface area contributed by atoms with E-state index >= 15 is 0 Å². The summed E-state index contributed by atoms with van der Waals surface area (Å²) >= 11 is 0. The summed E-state index contributed by atoms with van der Waals surface area (Å²) in [5.41, 5.74) is -1.67. The Kier molecular flexibility index (Phi) is 18.9. The van der Waals surface area contributed by atoms with Gasteiger partial charge in [0.15, 0.2) is 18.6 Å². The number of carbonyl (C=O) groups excluding carboxylic acids is 1. The molecule has 1 fully saturated rings. The molecule has 0 unspecified atom stereocenters. The van der Waals surface area contributed by atoms with E-state index in [0.717, 1.165) is 0 Å². The van der Waals surface area contributed by atoms with Gasteiger partial charge in [-0.15, -0.1) is 0 Å². The van der Waals surface area contributed by atoms with E-state index in [-0.39, 0.29) is 89.1 Å². The summed E-state index contributed by atoms with van der Waals surface area (Å²) in [6.07, 6.45) is 0.0757. The number of nitrogens with zero attached hydrogens (tertiary/aromatic N) is 1. The predicted octanol–water partition coefficient (Wildman–Crippen LogP) is -5.44. The van der Waals surface area contributed by atoms with Crippen LogP contribution in [0.15, 0.2) is 0 Å². The summed E-state index contributed by atoms with van der Waals surface area (Å²) in [7, 11) is 0. The summed E-state index contributed by atoms with van der Waals surface area (Å²) in [5.74, 6) is -6.00. The average molecular weight is 376 g/mol. The Morgan fingerprint density at radius 3 is 1.38 bits per heavy atom. The number of carbonyl (C=O) groups is 4. The molecule has 0 aliphatic heterocycles. The molecule has 0 bridgehead atoms. The Morgan fingerprint density at radius 2 is 1.21 bits per heavy atom. The van der Waals surface area contributed by atoms with Crippen LogP contribution in [0.5, 0.6) is 0 Å². The van der Waals surface area contributed by atoms with E-state index in [4.69, 9.17) is 15.3 Å². The van der Waals surface area contributed by atoms with Crippen molar-refractivity contribution in [2.75, 3.05) is 19.6 Å². The van der Waals surface area contributed by atoms with Gasteiger partial charge in [0.05, 0.1) is 5.97 Å². The minimum absolute atomic E-state index is 0. The topological polar surface area (TPSA) is 250 Å². The molecule has 0 atom stereocenters. The van der Waals surface area contributed by atoms with Gasteiger partial charge >= 0.3 is 77.0 Å². The molecule has 0 aromatic heterocycles. The number of hydrogen-bond acceptors (Lipinski definition) is 6. The Bertz CT molecular complexity index is 414. The first-order chi connectivity index (χ1) is 8.65. The van der Waals surface area contributed by atoms with E-state index in [1.807, 2.05) is 0 Å². The number of carboxylic acid groups (broad SMARTS) is 4. The van der Waals surface area contributed by atoms with Crippen molar-refractivity contribution in [1.29, 1.82) is 0 Å². The molecule has 14 heteroatoms. The van der Waals surface area contributed by atoms with E-state index < -0.39 is 53.5 Å². The van der Waals surface area contributed by atoms with E-state index in [1.165, 1.54) is 0 Å². The van der Waals surface area contributed by atoms with Crippen molar-refractivity contribution in [3.63, 3.8) is 0 Å². The summed E-state index contributed by atoms with van der Waals surface area (Å²) in [4.78, 5) is 43.7. The Balaban J connectivity index is -0.000000241. The molecule has 24 heavy (non-hydrogen) atoms. The van der Waals surface area contributed by atoms with Gasteiger partial charge < -0.3 is 42.3 Å². The van der Waals surface area contributed by atoms with E-state index in [1.54, 1.807) is 0 Å². The molecule has 0 saturated heterocycles. The van der Waals surface area contributed by atoms with Gasteiger partial charge in [0.1, 0.15) is 6.54 Å². The Morgan fingerprint density at radius 1 is 0.875 bits per heavy atom. The predicted molar refractivity (Wildman–Crippen MR) is 81.3 cm³/mol. The normalized spacial score (nSPS) is 13.2. The van der Waals surface area contributed by atoms with Gasteiger partial charge in [0.25, 0.3) is 0 Å². The molecule has 1 saturated carbocycles. The van der Waals surface area contributed by atoms with Crippen LogP contribution >= 0.6 is 0 Å². The summed E-state index contributed by atoms with van der Waals surface area (Å²) in [5, 5.41) is 37.6. The SMILES string of the molecule is N.O.O.O=C([O-])C[N+](CC(=O)O)(CC(=O)O)C1(C(=O)O)CC1.[NaH].[NaH]. The van der Waals surface area contributed by atoms with E-state index in [2.05, 4.69) is 0 Å². The monoisotopic (exact) mass is 376 g/mol. The van der Waals surface area contributed by atoms with Crippen LogP contribution in [0.1, 0.15) is 12.8 Å². The average Bonchev–Trinajstić information content (AvgIpc) is 2.93. The second-order valence-electron chi connectivity index (χ2n) is 4.62. The molecular weight excluding hydrogens is 354 g/mol. The van der Waals surface area contributed by atoms with Crippen LogP contribution in [0.3, 0.4) is 0 Å². The van der Waals surface area contributed by atoms with Crippen LogP contribution in [-0.4, -0.2) is 139 Å².